The number of nitrogens with one attached hydrogen (secondary N) is 2. The van der Waals surface area contributed by atoms with Crippen LogP contribution >= 0.6 is 24.0 Å². The molecule has 1 saturated heterocycles. The summed E-state index contributed by atoms with van der Waals surface area (Å²) in [7, 11) is 3.56. The third-order valence-electron chi connectivity index (χ3n) is 4.78. The Morgan fingerprint density at radius 3 is 2.42 bits per heavy atom. The number of likely N-dealkylation sites (tertiary alicyclic amines) is 1. The molecule has 1 aromatic carbocycles. The molecule has 6 heteroatoms. The summed E-state index contributed by atoms with van der Waals surface area (Å²) in [5, 5.41) is 6.78. The highest BCUT2D eigenvalue weighted by atomic mass is 127. The van der Waals surface area contributed by atoms with Crippen molar-refractivity contribution in [2.24, 2.45) is 4.99 Å². The molecule has 0 aliphatic carbocycles. The van der Waals surface area contributed by atoms with E-state index in [9.17, 15) is 0 Å². The predicted octanol–water partition coefficient (Wildman–Crippen LogP) is 3.42. The zero-order valence-corrected chi connectivity index (χ0v) is 18.6. The molecule has 0 amide bonds. The Kier molecular flexibility index (Phi) is 12.7. The van der Waals surface area contributed by atoms with Crippen LogP contribution in [0.5, 0.6) is 0 Å². The topological polar surface area (TPSA) is 48.9 Å². The number of guanidine groups is 1. The molecule has 0 spiro atoms. The number of hydrogen-bond acceptors (Lipinski definition) is 3. The summed E-state index contributed by atoms with van der Waals surface area (Å²) >= 11 is 0. The number of aliphatic imine (C=N–C) groups is 1. The maximum Gasteiger partial charge on any atom is 0.191 e. The minimum absolute atomic E-state index is 0. The van der Waals surface area contributed by atoms with Crippen molar-refractivity contribution in [3.05, 3.63) is 35.9 Å². The van der Waals surface area contributed by atoms with Crippen molar-refractivity contribution in [1.29, 1.82) is 0 Å². The van der Waals surface area contributed by atoms with E-state index in [1.165, 1.54) is 50.9 Å². The summed E-state index contributed by atoms with van der Waals surface area (Å²) in [6, 6.07) is 10.3. The van der Waals surface area contributed by atoms with Gasteiger partial charge in [-0.05, 0) is 44.5 Å². The van der Waals surface area contributed by atoms with E-state index >= 15 is 0 Å². The fourth-order valence-corrected chi connectivity index (χ4v) is 3.28. The van der Waals surface area contributed by atoms with Gasteiger partial charge in [0.1, 0.15) is 0 Å². The van der Waals surface area contributed by atoms with Crippen molar-refractivity contribution in [2.45, 2.75) is 38.2 Å². The van der Waals surface area contributed by atoms with Crippen molar-refractivity contribution in [3.8, 4) is 0 Å². The molecule has 1 aliphatic rings. The average molecular weight is 474 g/mol. The molecule has 0 radical (unpaired) electrons. The van der Waals surface area contributed by atoms with Crippen LogP contribution in [0.3, 0.4) is 0 Å². The molecule has 1 fully saturated rings. The Labute approximate surface area is 176 Å². The van der Waals surface area contributed by atoms with E-state index in [2.05, 4.69) is 32.7 Å². The minimum atomic E-state index is 0. The van der Waals surface area contributed by atoms with Gasteiger partial charge >= 0.3 is 0 Å². The van der Waals surface area contributed by atoms with Gasteiger partial charge in [0.05, 0.1) is 6.10 Å². The van der Waals surface area contributed by atoms with Gasteiger partial charge in [-0.3, -0.25) is 4.99 Å². The molecule has 1 atom stereocenters. The van der Waals surface area contributed by atoms with Crippen LogP contribution in [0.1, 0.15) is 43.8 Å². The lowest BCUT2D eigenvalue weighted by Gasteiger charge is -2.21. The monoisotopic (exact) mass is 474 g/mol. The zero-order chi connectivity index (χ0) is 17.7. The molecular formula is C20H35IN4O. The molecule has 1 aromatic rings. The Morgan fingerprint density at radius 1 is 1.12 bits per heavy atom. The van der Waals surface area contributed by atoms with Gasteiger partial charge in [0.2, 0.25) is 0 Å². The van der Waals surface area contributed by atoms with Crippen molar-refractivity contribution >= 4 is 29.9 Å². The number of benzene rings is 1. The quantitative estimate of drug-likeness (QED) is 0.263. The molecule has 1 unspecified atom stereocenters. The first kappa shape index (κ1) is 23.2. The third-order valence-corrected chi connectivity index (χ3v) is 4.78. The summed E-state index contributed by atoms with van der Waals surface area (Å²) in [6.45, 7) is 5.35. The highest BCUT2D eigenvalue weighted by molar-refractivity contribution is 14.0. The molecule has 26 heavy (non-hydrogen) atoms. The Bertz CT molecular complexity index is 490. The smallest absolute Gasteiger partial charge is 0.191 e. The van der Waals surface area contributed by atoms with Crippen LogP contribution in [0.25, 0.3) is 0 Å². The van der Waals surface area contributed by atoms with Crippen LogP contribution < -0.4 is 10.6 Å². The fourth-order valence-electron chi connectivity index (χ4n) is 3.28. The lowest BCUT2D eigenvalue weighted by Crippen LogP contribution is -2.40. The highest BCUT2D eigenvalue weighted by Gasteiger charge is 2.11. The number of methoxy groups -OCH3 is 1. The van der Waals surface area contributed by atoms with Gasteiger partial charge in [-0.15, -0.1) is 24.0 Å². The largest absolute Gasteiger partial charge is 0.375 e. The number of hydrogen-bond donors (Lipinski definition) is 2. The highest BCUT2D eigenvalue weighted by Crippen LogP contribution is 2.14. The standard InChI is InChI=1S/C20H34N4O.HI/c1-21-20(22-13-10-16-24-14-8-3-4-9-15-24)23-17-19(25-2)18-11-6-5-7-12-18;/h5-7,11-12,19H,3-4,8-10,13-17H2,1-2H3,(H2,21,22,23);1H. The second-order valence-electron chi connectivity index (χ2n) is 6.62. The van der Waals surface area contributed by atoms with E-state index < -0.39 is 0 Å². The number of rotatable bonds is 8. The maximum absolute atomic E-state index is 5.60. The van der Waals surface area contributed by atoms with Crippen molar-refractivity contribution < 1.29 is 4.74 Å². The molecule has 0 bridgehead atoms. The first-order chi connectivity index (χ1) is 12.3. The van der Waals surface area contributed by atoms with Crippen molar-refractivity contribution in [3.63, 3.8) is 0 Å². The van der Waals surface area contributed by atoms with Crippen molar-refractivity contribution in [1.82, 2.24) is 15.5 Å². The summed E-state index contributed by atoms with van der Waals surface area (Å²) in [4.78, 5) is 6.91. The summed E-state index contributed by atoms with van der Waals surface area (Å²) in [5.41, 5.74) is 1.18. The second-order valence-corrected chi connectivity index (χ2v) is 6.62. The number of ether oxygens (including phenoxy) is 1. The molecule has 0 saturated carbocycles. The molecule has 1 heterocycles. The second kappa shape index (κ2) is 14.2. The van der Waals surface area contributed by atoms with E-state index in [1.54, 1.807) is 7.11 Å². The number of nitrogens with zero attached hydrogens (tertiary/aromatic N) is 2. The van der Waals surface area contributed by atoms with Crippen LogP contribution in [-0.2, 0) is 4.74 Å². The van der Waals surface area contributed by atoms with Crippen LogP contribution in [0.2, 0.25) is 0 Å². The normalized spacial score (nSPS) is 17.1. The maximum atomic E-state index is 5.60. The fraction of sp³-hybridized carbons (Fsp3) is 0.650. The molecule has 2 N–H and O–H groups in total. The Morgan fingerprint density at radius 2 is 1.81 bits per heavy atom. The van der Waals surface area contributed by atoms with Crippen LogP contribution in [-0.4, -0.2) is 57.7 Å². The van der Waals surface area contributed by atoms with Gasteiger partial charge in [-0.25, -0.2) is 0 Å². The SMILES string of the molecule is CN=C(NCCCN1CCCCCC1)NCC(OC)c1ccccc1.I. The van der Waals surface area contributed by atoms with Gasteiger partial charge in [0, 0.05) is 27.2 Å². The Hall–Kier alpha value is -0.860. The molecular weight excluding hydrogens is 439 g/mol. The van der Waals surface area contributed by atoms with Gasteiger partial charge in [-0.2, -0.15) is 0 Å². The van der Waals surface area contributed by atoms with E-state index in [1.807, 2.05) is 25.2 Å². The van der Waals surface area contributed by atoms with E-state index in [0.29, 0.717) is 6.54 Å². The molecule has 1 aliphatic heterocycles. The van der Waals surface area contributed by atoms with Crippen LogP contribution in [0.4, 0.5) is 0 Å². The van der Waals surface area contributed by atoms with Gasteiger partial charge in [0.25, 0.3) is 0 Å². The average Bonchev–Trinajstić information content (AvgIpc) is 2.93. The van der Waals surface area contributed by atoms with E-state index in [-0.39, 0.29) is 30.1 Å². The molecule has 5 nitrogen and oxygen atoms in total. The van der Waals surface area contributed by atoms with Gasteiger partial charge in [-0.1, -0.05) is 43.2 Å². The van der Waals surface area contributed by atoms with Gasteiger partial charge < -0.3 is 20.3 Å². The lowest BCUT2D eigenvalue weighted by molar-refractivity contribution is 0.106. The lowest BCUT2D eigenvalue weighted by atomic mass is 10.1. The van der Waals surface area contributed by atoms with Crippen LogP contribution in [0.15, 0.2) is 35.3 Å². The van der Waals surface area contributed by atoms with Gasteiger partial charge in [0.15, 0.2) is 5.96 Å². The molecule has 2 rings (SSSR count). The molecule has 0 aromatic heterocycles. The predicted molar refractivity (Wildman–Crippen MR) is 120 cm³/mol. The van der Waals surface area contributed by atoms with E-state index in [0.717, 1.165) is 18.9 Å². The zero-order valence-electron chi connectivity index (χ0n) is 16.2. The Balaban J connectivity index is 0.00000338. The summed E-state index contributed by atoms with van der Waals surface area (Å²) < 4.78 is 5.60. The summed E-state index contributed by atoms with van der Waals surface area (Å²) in [6.07, 6.45) is 6.67. The first-order valence-electron chi connectivity index (χ1n) is 9.58. The third kappa shape index (κ3) is 8.68. The minimum Gasteiger partial charge on any atom is -0.375 e. The molecule has 148 valence electrons. The summed E-state index contributed by atoms with van der Waals surface area (Å²) in [5.74, 6) is 0.842. The van der Waals surface area contributed by atoms with E-state index in [4.69, 9.17) is 4.74 Å². The first-order valence-corrected chi connectivity index (χ1v) is 9.58. The number of halogens is 1. The van der Waals surface area contributed by atoms with Crippen LogP contribution in [0, 0.1) is 0 Å². The van der Waals surface area contributed by atoms with Crippen molar-refractivity contribution in [2.75, 3.05) is 46.9 Å².